The van der Waals surface area contributed by atoms with Crippen LogP contribution in [0.4, 0.5) is 0 Å². The van der Waals surface area contributed by atoms with E-state index in [-0.39, 0.29) is 41.6 Å². The van der Waals surface area contributed by atoms with Crippen LogP contribution in [0.3, 0.4) is 0 Å². The summed E-state index contributed by atoms with van der Waals surface area (Å²) < 4.78 is 0. The quantitative estimate of drug-likeness (QED) is 0.743. The summed E-state index contributed by atoms with van der Waals surface area (Å²) in [6.07, 6.45) is 4.06. The van der Waals surface area contributed by atoms with E-state index in [1.54, 1.807) is 0 Å². The Morgan fingerprint density at radius 1 is 1.30 bits per heavy atom. The third-order valence-corrected chi connectivity index (χ3v) is 7.75. The number of nitrogens with one attached hydrogen (secondary N) is 2. The molecule has 2 aromatic rings. The van der Waals surface area contributed by atoms with Gasteiger partial charge in [0.05, 0.1) is 5.41 Å². The fraction of sp³-hybridized carbons (Fsp3) is 0.542. The first kappa shape index (κ1) is 20.6. The van der Waals surface area contributed by atoms with Crippen molar-refractivity contribution in [3.63, 3.8) is 0 Å². The average Bonchev–Trinajstić information content (AvgIpc) is 3.15. The number of carbonyl (C=O) groups is 3. The van der Waals surface area contributed by atoms with E-state index in [1.807, 2.05) is 40.0 Å². The molecule has 1 saturated heterocycles. The van der Waals surface area contributed by atoms with Crippen molar-refractivity contribution in [3.05, 3.63) is 35.5 Å². The SMILES string of the molecule is Cc1cccc2c(CC(C)NC(=O)CN3C(=O)C4CCC(C)(C3=O)C4(C)C)c[nH]c12. The predicted molar refractivity (Wildman–Crippen MR) is 116 cm³/mol. The molecule has 2 aliphatic rings. The maximum absolute atomic E-state index is 13.1. The number of benzene rings is 1. The highest BCUT2D eigenvalue weighted by molar-refractivity contribution is 6.06. The maximum Gasteiger partial charge on any atom is 0.240 e. The van der Waals surface area contributed by atoms with Crippen LogP contribution in [0.25, 0.3) is 10.9 Å². The van der Waals surface area contributed by atoms with Crippen LogP contribution in [0.5, 0.6) is 0 Å². The summed E-state index contributed by atoms with van der Waals surface area (Å²) in [7, 11) is 0. The van der Waals surface area contributed by atoms with E-state index in [0.29, 0.717) is 19.3 Å². The number of aromatic amines is 1. The van der Waals surface area contributed by atoms with E-state index in [0.717, 1.165) is 16.5 Å². The molecule has 0 radical (unpaired) electrons. The first-order valence-corrected chi connectivity index (χ1v) is 10.8. The Labute approximate surface area is 177 Å². The number of piperidine rings is 1. The Balaban J connectivity index is 1.43. The zero-order chi connectivity index (χ0) is 21.8. The van der Waals surface area contributed by atoms with Gasteiger partial charge in [-0.3, -0.25) is 19.3 Å². The number of carbonyl (C=O) groups excluding carboxylic acids is 3. The fourth-order valence-corrected chi connectivity index (χ4v) is 5.43. The van der Waals surface area contributed by atoms with Crippen molar-refractivity contribution < 1.29 is 14.4 Å². The van der Waals surface area contributed by atoms with E-state index in [2.05, 4.69) is 29.4 Å². The van der Waals surface area contributed by atoms with Gasteiger partial charge in [0, 0.05) is 29.1 Å². The maximum atomic E-state index is 13.1. The van der Waals surface area contributed by atoms with Gasteiger partial charge >= 0.3 is 0 Å². The molecule has 1 aromatic heterocycles. The second kappa shape index (κ2) is 6.96. The Bertz CT molecular complexity index is 1040. The highest BCUT2D eigenvalue weighted by Crippen LogP contribution is 2.59. The Morgan fingerprint density at radius 3 is 2.77 bits per heavy atom. The van der Waals surface area contributed by atoms with E-state index in [4.69, 9.17) is 0 Å². The minimum Gasteiger partial charge on any atom is -0.361 e. The first-order chi connectivity index (χ1) is 14.1. The molecule has 160 valence electrons. The highest BCUT2D eigenvalue weighted by atomic mass is 16.2. The summed E-state index contributed by atoms with van der Waals surface area (Å²) in [6, 6.07) is 6.06. The second-order valence-electron chi connectivity index (χ2n) is 9.86. The van der Waals surface area contributed by atoms with Crippen molar-refractivity contribution in [2.75, 3.05) is 6.54 Å². The smallest absolute Gasteiger partial charge is 0.240 e. The largest absolute Gasteiger partial charge is 0.361 e. The van der Waals surface area contributed by atoms with Crippen molar-refractivity contribution in [2.45, 2.75) is 59.9 Å². The van der Waals surface area contributed by atoms with Gasteiger partial charge in [-0.2, -0.15) is 0 Å². The van der Waals surface area contributed by atoms with Gasteiger partial charge in [0.25, 0.3) is 0 Å². The number of imide groups is 1. The zero-order valence-corrected chi connectivity index (χ0v) is 18.5. The third-order valence-electron chi connectivity index (χ3n) is 7.75. The molecular weight excluding hydrogens is 378 g/mol. The van der Waals surface area contributed by atoms with Crippen LogP contribution in [0.1, 0.15) is 51.7 Å². The Kier molecular flexibility index (Phi) is 4.79. The monoisotopic (exact) mass is 409 g/mol. The number of aryl methyl sites for hydroxylation is 1. The number of rotatable bonds is 5. The average molecular weight is 410 g/mol. The van der Waals surface area contributed by atoms with Crippen LogP contribution < -0.4 is 5.32 Å². The molecule has 6 heteroatoms. The van der Waals surface area contributed by atoms with Gasteiger partial charge in [0.2, 0.25) is 17.7 Å². The number of hydrogen-bond donors (Lipinski definition) is 2. The summed E-state index contributed by atoms with van der Waals surface area (Å²) in [6.45, 7) is 9.76. The molecule has 3 atom stereocenters. The molecule has 1 aliphatic carbocycles. The topological polar surface area (TPSA) is 82.3 Å². The Morgan fingerprint density at radius 2 is 2.03 bits per heavy atom. The fourth-order valence-electron chi connectivity index (χ4n) is 5.43. The molecule has 3 amide bonds. The summed E-state index contributed by atoms with van der Waals surface area (Å²) in [4.78, 5) is 43.2. The lowest BCUT2D eigenvalue weighted by molar-refractivity contribution is -0.169. The number of fused-ring (bicyclic) bond motifs is 3. The summed E-state index contributed by atoms with van der Waals surface area (Å²) in [5, 5.41) is 4.13. The third kappa shape index (κ3) is 2.96. The molecule has 3 unspecified atom stereocenters. The molecule has 6 nitrogen and oxygen atoms in total. The molecule has 1 aliphatic heterocycles. The summed E-state index contributed by atoms with van der Waals surface area (Å²) in [5.41, 5.74) is 2.48. The highest BCUT2D eigenvalue weighted by Gasteiger charge is 2.64. The van der Waals surface area contributed by atoms with Crippen LogP contribution in [0.2, 0.25) is 0 Å². The number of likely N-dealkylation sites (tertiary alicyclic amines) is 1. The number of amides is 3. The van der Waals surface area contributed by atoms with Crippen molar-refractivity contribution in [1.82, 2.24) is 15.2 Å². The molecular formula is C24H31N3O3. The summed E-state index contributed by atoms with van der Waals surface area (Å²) in [5.74, 6) is -0.890. The molecule has 30 heavy (non-hydrogen) atoms. The first-order valence-electron chi connectivity index (χ1n) is 10.8. The minimum absolute atomic E-state index is 0.115. The van der Waals surface area contributed by atoms with E-state index >= 15 is 0 Å². The van der Waals surface area contributed by atoms with Gasteiger partial charge in [-0.15, -0.1) is 0 Å². The van der Waals surface area contributed by atoms with Crippen LogP contribution in [-0.4, -0.2) is 40.2 Å². The standard InChI is InChI=1S/C24H31N3O3/c1-14-7-6-8-17-16(12-25-20(14)17)11-15(2)26-19(28)13-27-21(29)18-9-10-24(5,22(27)30)23(18,3)4/h6-8,12,15,18,25H,9-11,13H2,1-5H3,(H,26,28). The van der Waals surface area contributed by atoms with Crippen molar-refractivity contribution >= 4 is 28.6 Å². The Hall–Kier alpha value is -2.63. The van der Waals surface area contributed by atoms with Gasteiger partial charge in [-0.25, -0.2) is 0 Å². The minimum atomic E-state index is -0.584. The van der Waals surface area contributed by atoms with Crippen LogP contribution in [-0.2, 0) is 20.8 Å². The van der Waals surface area contributed by atoms with Gasteiger partial charge in [-0.05, 0) is 49.7 Å². The van der Waals surface area contributed by atoms with Gasteiger partial charge < -0.3 is 10.3 Å². The van der Waals surface area contributed by atoms with Crippen LogP contribution in [0.15, 0.2) is 24.4 Å². The lowest BCUT2D eigenvalue weighted by Gasteiger charge is -2.47. The lowest BCUT2D eigenvalue weighted by Crippen LogP contribution is -2.60. The molecule has 1 saturated carbocycles. The van der Waals surface area contributed by atoms with Crippen LogP contribution in [0, 0.1) is 23.7 Å². The normalized spacial score (nSPS) is 26.3. The van der Waals surface area contributed by atoms with Crippen molar-refractivity contribution in [3.8, 4) is 0 Å². The predicted octanol–water partition coefficient (Wildman–Crippen LogP) is 3.33. The lowest BCUT2D eigenvalue weighted by atomic mass is 9.62. The molecule has 2 bridgehead atoms. The van der Waals surface area contributed by atoms with Crippen molar-refractivity contribution in [2.24, 2.45) is 16.7 Å². The number of nitrogens with zero attached hydrogens (tertiary/aromatic N) is 1. The number of para-hydroxylation sites is 1. The summed E-state index contributed by atoms with van der Waals surface area (Å²) >= 11 is 0. The van der Waals surface area contributed by atoms with E-state index < -0.39 is 5.41 Å². The van der Waals surface area contributed by atoms with E-state index in [9.17, 15) is 14.4 Å². The van der Waals surface area contributed by atoms with Crippen LogP contribution >= 0.6 is 0 Å². The van der Waals surface area contributed by atoms with Gasteiger partial charge in [-0.1, -0.05) is 39.0 Å². The van der Waals surface area contributed by atoms with E-state index in [1.165, 1.54) is 10.5 Å². The van der Waals surface area contributed by atoms with Crippen molar-refractivity contribution in [1.29, 1.82) is 0 Å². The van der Waals surface area contributed by atoms with Gasteiger partial charge in [0.15, 0.2) is 0 Å². The molecule has 2 N–H and O–H groups in total. The molecule has 2 heterocycles. The molecule has 0 spiro atoms. The second-order valence-corrected chi connectivity index (χ2v) is 9.86. The number of aromatic nitrogens is 1. The molecule has 2 fully saturated rings. The number of H-pyrrole nitrogens is 1. The molecule has 4 rings (SSSR count). The zero-order valence-electron chi connectivity index (χ0n) is 18.5. The van der Waals surface area contributed by atoms with Gasteiger partial charge in [0.1, 0.15) is 6.54 Å². The number of hydrogen-bond acceptors (Lipinski definition) is 3. The molecule has 1 aromatic carbocycles.